The van der Waals surface area contributed by atoms with E-state index >= 15 is 0 Å². The molecule has 1 spiro atoms. The number of likely N-dealkylation sites (tertiary alicyclic amines) is 1. The fourth-order valence-electron chi connectivity index (χ4n) is 4.96. The number of likely N-dealkylation sites (N-methyl/N-ethyl adjacent to an activating group) is 1. The summed E-state index contributed by atoms with van der Waals surface area (Å²) in [6.07, 6.45) is 3.12. The maximum atomic E-state index is 14.0. The Balaban J connectivity index is 1.50. The van der Waals surface area contributed by atoms with E-state index in [1.165, 1.54) is 17.2 Å². The normalized spacial score (nSPS) is 27.4. The molecule has 4 nitrogen and oxygen atoms in total. The Bertz CT molecular complexity index is 914. The average molecular weight is 379 g/mol. The maximum Gasteiger partial charge on any atom is 0.288 e. The molecule has 3 aliphatic heterocycles. The summed E-state index contributed by atoms with van der Waals surface area (Å²) < 4.78 is 20.6. The third-order valence-electron chi connectivity index (χ3n) is 6.23. The number of halogens is 1. The predicted molar refractivity (Wildman–Crippen MR) is 108 cm³/mol. The minimum Gasteiger partial charge on any atom is -0.455 e. The Morgan fingerprint density at radius 2 is 2.04 bits per heavy atom. The van der Waals surface area contributed by atoms with Crippen molar-refractivity contribution in [2.75, 3.05) is 33.2 Å². The number of rotatable bonds is 1. The van der Waals surface area contributed by atoms with Crippen LogP contribution in [0.5, 0.6) is 0 Å². The van der Waals surface area contributed by atoms with E-state index in [-0.39, 0.29) is 17.5 Å². The van der Waals surface area contributed by atoms with Crippen LogP contribution in [0.15, 0.2) is 53.5 Å². The van der Waals surface area contributed by atoms with Crippen LogP contribution in [0.2, 0.25) is 0 Å². The van der Waals surface area contributed by atoms with E-state index in [2.05, 4.69) is 41.1 Å². The smallest absolute Gasteiger partial charge is 0.288 e. The van der Waals surface area contributed by atoms with Gasteiger partial charge in [-0.15, -0.1) is 0 Å². The van der Waals surface area contributed by atoms with Gasteiger partial charge < -0.3 is 14.5 Å². The molecular formula is C23H26FN3O. The fraction of sp³-hybridized carbons (Fsp3) is 0.435. The summed E-state index contributed by atoms with van der Waals surface area (Å²) in [4.78, 5) is 9.41. The number of fused-ring (bicyclic) bond motifs is 1. The Morgan fingerprint density at radius 1 is 1.14 bits per heavy atom. The van der Waals surface area contributed by atoms with Crippen molar-refractivity contribution in [3.8, 4) is 0 Å². The second kappa shape index (κ2) is 6.89. The van der Waals surface area contributed by atoms with Gasteiger partial charge in [-0.05, 0) is 61.7 Å². The number of amidine groups is 1. The highest BCUT2D eigenvalue weighted by atomic mass is 19.1. The van der Waals surface area contributed by atoms with Crippen LogP contribution in [-0.2, 0) is 11.2 Å². The molecule has 0 saturated carbocycles. The Morgan fingerprint density at radius 3 is 2.89 bits per heavy atom. The van der Waals surface area contributed by atoms with Gasteiger partial charge in [-0.2, -0.15) is 0 Å². The first-order valence-corrected chi connectivity index (χ1v) is 10.2. The van der Waals surface area contributed by atoms with Crippen LogP contribution >= 0.6 is 0 Å². The van der Waals surface area contributed by atoms with Crippen molar-refractivity contribution in [3.05, 3.63) is 71.0 Å². The van der Waals surface area contributed by atoms with Crippen LogP contribution < -0.4 is 0 Å². The summed E-state index contributed by atoms with van der Waals surface area (Å²) in [5, 5.41) is 0. The molecule has 0 amide bonds. The van der Waals surface area contributed by atoms with E-state index in [0.717, 1.165) is 50.5 Å². The Kier molecular flexibility index (Phi) is 4.35. The molecule has 3 heterocycles. The summed E-state index contributed by atoms with van der Waals surface area (Å²) in [5.74, 6) is -0.208. The summed E-state index contributed by atoms with van der Waals surface area (Å²) in [7, 11) is 2.15. The number of benzene rings is 2. The van der Waals surface area contributed by atoms with E-state index in [9.17, 15) is 4.39 Å². The predicted octanol–water partition coefficient (Wildman–Crippen LogP) is 3.62. The quantitative estimate of drug-likeness (QED) is 0.758. The third-order valence-corrected chi connectivity index (χ3v) is 6.23. The first kappa shape index (κ1) is 17.7. The van der Waals surface area contributed by atoms with Crippen molar-refractivity contribution in [1.29, 1.82) is 0 Å². The summed E-state index contributed by atoms with van der Waals surface area (Å²) >= 11 is 0. The standard InChI is InChI=1S/C23H26FN3O/c1-26-12-5-11-23(16-26)15-25-22(28-23)27-13-10-17-6-2-3-9-20(17)21(27)18-7-4-8-19(24)14-18/h2-4,6-9,14,21H,5,10-13,15-16H2,1H3/t21-,23-/m1/s1. The molecule has 5 heteroatoms. The van der Waals surface area contributed by atoms with Gasteiger partial charge in [0.05, 0.1) is 12.6 Å². The van der Waals surface area contributed by atoms with Gasteiger partial charge in [0.1, 0.15) is 11.4 Å². The van der Waals surface area contributed by atoms with Crippen LogP contribution in [0.1, 0.15) is 35.6 Å². The molecule has 0 unspecified atom stereocenters. The topological polar surface area (TPSA) is 28.1 Å². The molecule has 3 aliphatic rings. The molecule has 2 aromatic rings. The molecule has 0 aromatic heterocycles. The van der Waals surface area contributed by atoms with Crippen molar-refractivity contribution in [3.63, 3.8) is 0 Å². The lowest BCUT2D eigenvalue weighted by Crippen LogP contribution is -2.51. The van der Waals surface area contributed by atoms with Gasteiger partial charge in [-0.25, -0.2) is 9.38 Å². The number of aliphatic imine (C=N–C) groups is 1. The molecule has 2 atom stereocenters. The lowest BCUT2D eigenvalue weighted by molar-refractivity contribution is 0.000259. The molecule has 1 fully saturated rings. The molecule has 146 valence electrons. The van der Waals surface area contributed by atoms with Gasteiger partial charge in [0, 0.05) is 13.1 Å². The van der Waals surface area contributed by atoms with E-state index in [1.54, 1.807) is 12.1 Å². The zero-order valence-corrected chi connectivity index (χ0v) is 16.3. The van der Waals surface area contributed by atoms with E-state index in [4.69, 9.17) is 9.73 Å². The van der Waals surface area contributed by atoms with E-state index < -0.39 is 0 Å². The summed E-state index contributed by atoms with van der Waals surface area (Å²) in [6.45, 7) is 3.56. The maximum absolute atomic E-state index is 14.0. The van der Waals surface area contributed by atoms with Crippen LogP contribution in [0.25, 0.3) is 0 Å². The van der Waals surface area contributed by atoms with Gasteiger partial charge in [-0.1, -0.05) is 36.4 Å². The molecule has 28 heavy (non-hydrogen) atoms. The first-order valence-electron chi connectivity index (χ1n) is 10.2. The van der Waals surface area contributed by atoms with Gasteiger partial charge in [0.15, 0.2) is 0 Å². The zero-order chi connectivity index (χ0) is 19.1. The van der Waals surface area contributed by atoms with E-state index in [1.807, 2.05) is 6.07 Å². The number of nitrogens with zero attached hydrogens (tertiary/aromatic N) is 3. The highest BCUT2D eigenvalue weighted by Gasteiger charge is 2.44. The molecule has 2 aromatic carbocycles. The Hall–Kier alpha value is -2.40. The molecule has 0 radical (unpaired) electrons. The van der Waals surface area contributed by atoms with Crippen molar-refractivity contribution in [2.24, 2.45) is 4.99 Å². The zero-order valence-electron chi connectivity index (χ0n) is 16.3. The SMILES string of the molecule is CN1CCC[C@@]2(CN=C(N3CCc4ccccc4[C@H]3c3cccc(F)c3)O2)C1. The van der Waals surface area contributed by atoms with Crippen molar-refractivity contribution >= 4 is 6.02 Å². The van der Waals surface area contributed by atoms with Crippen LogP contribution in [0.3, 0.4) is 0 Å². The summed E-state index contributed by atoms with van der Waals surface area (Å²) in [5.41, 5.74) is 3.28. The fourth-order valence-corrected chi connectivity index (χ4v) is 4.96. The molecule has 0 aliphatic carbocycles. The van der Waals surface area contributed by atoms with Crippen LogP contribution in [0.4, 0.5) is 4.39 Å². The number of ether oxygens (including phenoxy) is 1. The molecule has 5 rings (SSSR count). The highest BCUT2D eigenvalue weighted by Crippen LogP contribution is 2.38. The van der Waals surface area contributed by atoms with Gasteiger partial charge in [-0.3, -0.25) is 0 Å². The molecule has 0 bridgehead atoms. The van der Waals surface area contributed by atoms with Crippen molar-refractivity contribution < 1.29 is 9.13 Å². The molecule has 0 N–H and O–H groups in total. The van der Waals surface area contributed by atoms with Gasteiger partial charge in [0.25, 0.3) is 6.02 Å². The highest BCUT2D eigenvalue weighted by molar-refractivity contribution is 5.78. The monoisotopic (exact) mass is 379 g/mol. The number of piperidine rings is 1. The van der Waals surface area contributed by atoms with Crippen molar-refractivity contribution in [1.82, 2.24) is 9.80 Å². The average Bonchev–Trinajstić information content (AvgIpc) is 3.09. The third kappa shape index (κ3) is 3.08. The van der Waals surface area contributed by atoms with Gasteiger partial charge in [0.2, 0.25) is 0 Å². The lowest BCUT2D eigenvalue weighted by Gasteiger charge is -2.41. The largest absolute Gasteiger partial charge is 0.455 e. The Labute approximate surface area is 165 Å². The number of hydrogen-bond donors (Lipinski definition) is 0. The second-order valence-corrected chi connectivity index (χ2v) is 8.32. The van der Waals surface area contributed by atoms with Crippen LogP contribution in [0, 0.1) is 5.82 Å². The van der Waals surface area contributed by atoms with E-state index in [0.29, 0.717) is 6.54 Å². The van der Waals surface area contributed by atoms with Gasteiger partial charge >= 0.3 is 0 Å². The molecule has 1 saturated heterocycles. The molecular weight excluding hydrogens is 353 g/mol. The minimum atomic E-state index is -0.208. The first-order chi connectivity index (χ1) is 13.6. The second-order valence-electron chi connectivity index (χ2n) is 8.32. The lowest BCUT2D eigenvalue weighted by atomic mass is 9.88. The number of hydrogen-bond acceptors (Lipinski definition) is 4. The minimum absolute atomic E-state index is 0.0733. The summed E-state index contributed by atoms with van der Waals surface area (Å²) in [6, 6.07) is 16.0. The van der Waals surface area contributed by atoms with Crippen molar-refractivity contribution in [2.45, 2.75) is 30.9 Å². The van der Waals surface area contributed by atoms with Crippen LogP contribution in [-0.4, -0.2) is 54.6 Å².